The summed E-state index contributed by atoms with van der Waals surface area (Å²) in [6, 6.07) is 10.7. The molecule has 0 spiro atoms. The smallest absolute Gasteiger partial charge is 0.190 e. The molecule has 0 aromatic heterocycles. The van der Waals surface area contributed by atoms with Gasteiger partial charge in [0.25, 0.3) is 0 Å². The Labute approximate surface area is 199 Å². The van der Waals surface area contributed by atoms with Crippen LogP contribution in [0.15, 0.2) is 35.3 Å². The van der Waals surface area contributed by atoms with E-state index in [9.17, 15) is 0 Å². The third kappa shape index (κ3) is 11.3. The average molecular weight is 533 g/mol. The largest absolute Gasteiger partial charge is 0.382 e. The third-order valence-corrected chi connectivity index (χ3v) is 5.10. The molecule has 0 amide bonds. The van der Waals surface area contributed by atoms with Crippen molar-refractivity contribution in [1.82, 2.24) is 15.5 Å². The highest BCUT2D eigenvalue weighted by Gasteiger charge is 2.16. The van der Waals surface area contributed by atoms with Gasteiger partial charge in [0.1, 0.15) is 0 Å². The second-order valence-corrected chi connectivity index (χ2v) is 7.26. The highest BCUT2D eigenvalue weighted by Crippen LogP contribution is 2.15. The van der Waals surface area contributed by atoms with Crippen molar-refractivity contribution in [3.8, 4) is 0 Å². The molecular weight excluding hydrogens is 493 g/mol. The molecule has 0 bridgehead atoms. The number of nitrogens with one attached hydrogen (secondary N) is 2. The summed E-state index contributed by atoms with van der Waals surface area (Å²) in [5, 5.41) is 6.73. The lowest BCUT2D eigenvalue weighted by atomic mass is 10.2. The fraction of sp³-hybridized carbons (Fsp3) is 0.682. The van der Waals surface area contributed by atoms with Gasteiger partial charge in [0, 0.05) is 65.7 Å². The maximum atomic E-state index is 5.46. The van der Waals surface area contributed by atoms with E-state index in [1.54, 1.807) is 7.11 Å². The number of methoxy groups -OCH3 is 1. The van der Waals surface area contributed by atoms with Crippen molar-refractivity contribution in [3.05, 3.63) is 30.3 Å². The molecule has 0 saturated carbocycles. The summed E-state index contributed by atoms with van der Waals surface area (Å²) < 4.78 is 10.4. The number of para-hydroxylation sites is 1. The number of rotatable bonds is 13. The fourth-order valence-electron chi connectivity index (χ4n) is 3.38. The van der Waals surface area contributed by atoms with Crippen LogP contribution in [0.1, 0.15) is 19.3 Å². The Balaban J connectivity index is 0.00000450. The van der Waals surface area contributed by atoms with Gasteiger partial charge < -0.3 is 25.0 Å². The van der Waals surface area contributed by atoms with Crippen LogP contribution in [-0.4, -0.2) is 90.7 Å². The molecule has 1 aliphatic heterocycles. The Bertz CT molecular complexity index is 554. The van der Waals surface area contributed by atoms with Crippen LogP contribution >= 0.6 is 24.0 Å². The summed E-state index contributed by atoms with van der Waals surface area (Å²) in [7, 11) is 3.50. The number of ether oxygens (including phenoxy) is 2. The number of aliphatic imine (C=N–C) groups is 1. The molecule has 30 heavy (non-hydrogen) atoms. The average Bonchev–Trinajstić information content (AvgIpc) is 2.78. The van der Waals surface area contributed by atoms with E-state index in [-0.39, 0.29) is 24.0 Å². The van der Waals surface area contributed by atoms with Gasteiger partial charge in [-0.05, 0) is 37.9 Å². The number of unbranched alkanes of at least 4 members (excludes halogenated alkanes) is 1. The predicted octanol–water partition coefficient (Wildman–Crippen LogP) is 2.42. The van der Waals surface area contributed by atoms with Gasteiger partial charge in [-0.3, -0.25) is 9.89 Å². The molecule has 1 aromatic rings. The first-order chi connectivity index (χ1) is 14.3. The second-order valence-electron chi connectivity index (χ2n) is 7.26. The minimum Gasteiger partial charge on any atom is -0.382 e. The Hall–Kier alpha value is -1.10. The van der Waals surface area contributed by atoms with Crippen LogP contribution in [0.5, 0.6) is 0 Å². The normalized spacial score (nSPS) is 15.0. The zero-order chi connectivity index (χ0) is 20.6. The van der Waals surface area contributed by atoms with E-state index < -0.39 is 0 Å². The topological polar surface area (TPSA) is 61.4 Å². The van der Waals surface area contributed by atoms with Gasteiger partial charge in [0.05, 0.1) is 13.2 Å². The molecule has 2 N–H and O–H groups in total. The molecule has 0 radical (unpaired) electrons. The van der Waals surface area contributed by atoms with Gasteiger partial charge in [-0.2, -0.15) is 0 Å². The molecule has 0 aliphatic carbocycles. The Morgan fingerprint density at radius 2 is 1.63 bits per heavy atom. The first-order valence-electron chi connectivity index (χ1n) is 10.9. The van der Waals surface area contributed by atoms with Gasteiger partial charge in [0.15, 0.2) is 5.96 Å². The van der Waals surface area contributed by atoms with E-state index in [1.807, 2.05) is 7.05 Å². The summed E-state index contributed by atoms with van der Waals surface area (Å²) in [5.74, 6) is 0.873. The third-order valence-electron chi connectivity index (χ3n) is 5.10. The molecule has 0 atom stereocenters. The molecule has 1 aromatic carbocycles. The summed E-state index contributed by atoms with van der Waals surface area (Å²) in [6.07, 6.45) is 3.32. The van der Waals surface area contributed by atoms with Gasteiger partial charge in [-0.25, -0.2) is 0 Å². The molecule has 8 heteroatoms. The molecule has 1 saturated heterocycles. The zero-order valence-electron chi connectivity index (χ0n) is 18.6. The Kier molecular flexibility index (Phi) is 15.8. The van der Waals surface area contributed by atoms with Crippen LogP contribution in [0.25, 0.3) is 0 Å². The monoisotopic (exact) mass is 533 g/mol. The van der Waals surface area contributed by atoms with Crippen molar-refractivity contribution in [2.24, 2.45) is 4.99 Å². The number of guanidine groups is 1. The first kappa shape index (κ1) is 26.9. The van der Waals surface area contributed by atoms with E-state index in [4.69, 9.17) is 9.47 Å². The molecule has 172 valence electrons. The standard InChI is InChI=1S/C22H39N5O2.HI/c1-23-22(25-12-8-18-29-20-19-28-2)24-11-6-7-13-26-14-16-27(17-15-26)21-9-4-3-5-10-21;/h3-5,9-10H,6-8,11-20H2,1-2H3,(H2,23,24,25);1H. The van der Waals surface area contributed by atoms with Crippen LogP contribution in [0.4, 0.5) is 5.69 Å². The van der Waals surface area contributed by atoms with Crippen molar-refractivity contribution >= 4 is 35.6 Å². The zero-order valence-corrected chi connectivity index (χ0v) is 21.0. The molecule has 0 unspecified atom stereocenters. The number of anilines is 1. The van der Waals surface area contributed by atoms with Crippen molar-refractivity contribution in [3.63, 3.8) is 0 Å². The fourth-order valence-corrected chi connectivity index (χ4v) is 3.38. The predicted molar refractivity (Wildman–Crippen MR) is 136 cm³/mol. The highest BCUT2D eigenvalue weighted by molar-refractivity contribution is 14.0. The van der Waals surface area contributed by atoms with Gasteiger partial charge in [-0.1, -0.05) is 18.2 Å². The molecule has 7 nitrogen and oxygen atoms in total. The SMILES string of the molecule is CN=C(NCCCCN1CCN(c2ccccc2)CC1)NCCCOCCOC.I. The van der Waals surface area contributed by atoms with Crippen molar-refractivity contribution in [1.29, 1.82) is 0 Å². The van der Waals surface area contributed by atoms with Crippen LogP contribution in [-0.2, 0) is 9.47 Å². The molecule has 1 fully saturated rings. The van der Waals surface area contributed by atoms with Crippen molar-refractivity contribution in [2.75, 3.05) is 84.7 Å². The number of halogens is 1. The lowest BCUT2D eigenvalue weighted by Gasteiger charge is -2.36. The summed E-state index contributed by atoms with van der Waals surface area (Å²) in [4.78, 5) is 9.34. The maximum absolute atomic E-state index is 5.46. The van der Waals surface area contributed by atoms with E-state index in [2.05, 4.69) is 55.8 Å². The molecule has 1 aliphatic rings. The number of piperazine rings is 1. The van der Waals surface area contributed by atoms with Crippen LogP contribution in [0, 0.1) is 0 Å². The van der Waals surface area contributed by atoms with Crippen molar-refractivity contribution < 1.29 is 9.47 Å². The number of hydrogen-bond donors (Lipinski definition) is 2. The van der Waals surface area contributed by atoms with E-state index in [0.717, 1.165) is 64.7 Å². The Morgan fingerprint density at radius 3 is 2.30 bits per heavy atom. The van der Waals surface area contributed by atoms with Gasteiger partial charge >= 0.3 is 0 Å². The highest BCUT2D eigenvalue weighted by atomic mass is 127. The van der Waals surface area contributed by atoms with E-state index in [1.165, 1.54) is 18.7 Å². The summed E-state index contributed by atoms with van der Waals surface area (Å²) in [6.45, 7) is 9.58. The number of nitrogens with zero attached hydrogens (tertiary/aromatic N) is 3. The second kappa shape index (κ2) is 17.6. The first-order valence-corrected chi connectivity index (χ1v) is 10.9. The lowest BCUT2D eigenvalue weighted by molar-refractivity contribution is 0.0698. The van der Waals surface area contributed by atoms with Crippen LogP contribution < -0.4 is 15.5 Å². The van der Waals surface area contributed by atoms with Crippen LogP contribution in [0.3, 0.4) is 0 Å². The molecular formula is C22H40IN5O2. The van der Waals surface area contributed by atoms with E-state index in [0.29, 0.717) is 13.2 Å². The van der Waals surface area contributed by atoms with Crippen molar-refractivity contribution in [2.45, 2.75) is 19.3 Å². The van der Waals surface area contributed by atoms with Gasteiger partial charge in [-0.15, -0.1) is 24.0 Å². The maximum Gasteiger partial charge on any atom is 0.190 e. The summed E-state index contributed by atoms with van der Waals surface area (Å²) in [5.41, 5.74) is 1.34. The van der Waals surface area contributed by atoms with Crippen LogP contribution in [0.2, 0.25) is 0 Å². The molecule has 1 heterocycles. The number of benzene rings is 1. The quantitative estimate of drug-likeness (QED) is 0.176. The minimum atomic E-state index is 0. The molecule has 2 rings (SSSR count). The lowest BCUT2D eigenvalue weighted by Crippen LogP contribution is -2.46. The minimum absolute atomic E-state index is 0. The van der Waals surface area contributed by atoms with E-state index >= 15 is 0 Å². The Morgan fingerprint density at radius 1 is 0.933 bits per heavy atom. The van der Waals surface area contributed by atoms with Gasteiger partial charge in [0.2, 0.25) is 0 Å². The summed E-state index contributed by atoms with van der Waals surface area (Å²) >= 11 is 0. The number of hydrogen-bond acceptors (Lipinski definition) is 5.